The summed E-state index contributed by atoms with van der Waals surface area (Å²) in [6.07, 6.45) is -3.43. The Labute approximate surface area is 155 Å². The molecular weight excluding hydrogens is 386 g/mol. The number of hydrogen-bond acceptors (Lipinski definition) is 8. The summed E-state index contributed by atoms with van der Waals surface area (Å²) >= 11 is 6.15. The number of non-ortho nitro benzene ring substituents is 2. The second-order valence-corrected chi connectivity index (χ2v) is 6.32. The zero-order chi connectivity index (χ0) is 19.9. The molecule has 0 saturated carbocycles. The Hall–Kier alpha value is -3.31. The van der Waals surface area contributed by atoms with Crippen molar-refractivity contribution in [3.05, 3.63) is 83.9 Å². The van der Waals surface area contributed by atoms with Crippen LogP contribution in [0.3, 0.4) is 0 Å². The molecular formula is C15H10ClN3O8. The highest BCUT2D eigenvalue weighted by Crippen LogP contribution is 2.52. The molecule has 2 aromatic rings. The first-order valence-electron chi connectivity index (χ1n) is 7.37. The number of halogens is 1. The number of nitro benzene ring substituents is 2. The molecule has 11 nitrogen and oxygen atoms in total. The summed E-state index contributed by atoms with van der Waals surface area (Å²) in [6.45, 7) is 0. The second-order valence-electron chi connectivity index (χ2n) is 5.71. The smallest absolute Gasteiger partial charge is 0.364 e. The fraction of sp³-hybridized carbons (Fsp3) is 0.200. The van der Waals surface area contributed by atoms with Gasteiger partial charge in [0.1, 0.15) is 5.75 Å². The Morgan fingerprint density at radius 3 is 2.04 bits per heavy atom. The van der Waals surface area contributed by atoms with Crippen LogP contribution in [0.25, 0.3) is 0 Å². The van der Waals surface area contributed by atoms with Crippen molar-refractivity contribution in [2.24, 2.45) is 0 Å². The number of aliphatic hydroxyl groups excluding tert-OH is 1. The van der Waals surface area contributed by atoms with E-state index >= 15 is 0 Å². The van der Waals surface area contributed by atoms with Crippen LogP contribution in [0, 0.1) is 30.3 Å². The van der Waals surface area contributed by atoms with Crippen LogP contribution in [0.1, 0.15) is 23.3 Å². The minimum Gasteiger partial charge on any atom is -0.476 e. The molecule has 1 heterocycles. The van der Waals surface area contributed by atoms with Crippen LogP contribution in [-0.2, 0) is 0 Å². The standard InChI is InChI=1S/C15H10ClN3O8/c16-15(19(25)26)13(20)11-7-10(18(23)24)5-6-12(11)27-14(15)8-1-3-9(4-2-8)17(21)22/h1-7,13-14,20H/t13-,14-,15+/m0/s1. The number of nitro groups is 3. The van der Waals surface area contributed by atoms with Gasteiger partial charge in [-0.3, -0.25) is 30.3 Å². The van der Waals surface area contributed by atoms with Crippen LogP contribution in [0.5, 0.6) is 5.75 Å². The third-order valence-electron chi connectivity index (χ3n) is 4.18. The molecule has 12 heteroatoms. The van der Waals surface area contributed by atoms with E-state index in [0.717, 1.165) is 24.3 Å². The number of hydrogen-bond donors (Lipinski definition) is 1. The van der Waals surface area contributed by atoms with E-state index in [-0.39, 0.29) is 22.6 Å². The third kappa shape index (κ3) is 2.92. The minimum absolute atomic E-state index is 0.0189. The quantitative estimate of drug-likeness (QED) is 0.358. The Balaban J connectivity index is 2.12. The van der Waals surface area contributed by atoms with E-state index < -0.39 is 37.7 Å². The molecule has 1 aliphatic heterocycles. The highest BCUT2D eigenvalue weighted by Gasteiger charge is 2.61. The van der Waals surface area contributed by atoms with Crippen LogP contribution in [0.4, 0.5) is 11.4 Å². The zero-order valence-electron chi connectivity index (χ0n) is 13.2. The summed E-state index contributed by atoms with van der Waals surface area (Å²) in [6, 6.07) is 7.96. The van der Waals surface area contributed by atoms with Crippen molar-refractivity contribution in [1.82, 2.24) is 0 Å². The van der Waals surface area contributed by atoms with Gasteiger partial charge >= 0.3 is 5.00 Å². The van der Waals surface area contributed by atoms with Gasteiger partial charge in [-0.25, -0.2) is 0 Å². The van der Waals surface area contributed by atoms with Gasteiger partial charge in [0, 0.05) is 35.4 Å². The minimum atomic E-state index is -2.60. The van der Waals surface area contributed by atoms with E-state index in [0.29, 0.717) is 0 Å². The van der Waals surface area contributed by atoms with Crippen LogP contribution in [0.15, 0.2) is 42.5 Å². The third-order valence-corrected chi connectivity index (χ3v) is 4.72. The lowest BCUT2D eigenvalue weighted by atomic mass is 9.89. The molecule has 0 radical (unpaired) electrons. The molecule has 0 aliphatic carbocycles. The van der Waals surface area contributed by atoms with Crippen LogP contribution in [-0.4, -0.2) is 24.9 Å². The molecule has 0 amide bonds. The van der Waals surface area contributed by atoms with E-state index in [1.54, 1.807) is 0 Å². The molecule has 0 aromatic heterocycles. The molecule has 0 spiro atoms. The Kier molecular flexibility index (Phi) is 4.41. The summed E-state index contributed by atoms with van der Waals surface area (Å²) in [5.41, 5.74) is -0.718. The normalized spacial score (nSPS) is 23.8. The van der Waals surface area contributed by atoms with Crippen molar-refractivity contribution in [2.75, 3.05) is 0 Å². The maximum Gasteiger partial charge on any atom is 0.364 e. The molecule has 3 rings (SSSR count). The van der Waals surface area contributed by atoms with Crippen molar-refractivity contribution in [2.45, 2.75) is 17.2 Å². The summed E-state index contributed by atoms with van der Waals surface area (Å²) < 4.78 is 5.57. The molecule has 0 fully saturated rings. The first-order valence-corrected chi connectivity index (χ1v) is 7.75. The van der Waals surface area contributed by atoms with Crippen molar-refractivity contribution in [3.8, 4) is 5.75 Å². The first-order chi connectivity index (χ1) is 12.7. The molecule has 1 aliphatic rings. The van der Waals surface area contributed by atoms with Crippen LogP contribution >= 0.6 is 11.6 Å². The zero-order valence-corrected chi connectivity index (χ0v) is 14.0. The highest BCUT2D eigenvalue weighted by atomic mass is 35.5. The molecule has 27 heavy (non-hydrogen) atoms. The first kappa shape index (κ1) is 18.5. The van der Waals surface area contributed by atoms with Crippen molar-refractivity contribution < 1.29 is 24.6 Å². The Bertz CT molecular complexity index is 951. The monoisotopic (exact) mass is 395 g/mol. The van der Waals surface area contributed by atoms with Gasteiger partial charge in [-0.2, -0.15) is 0 Å². The van der Waals surface area contributed by atoms with Gasteiger partial charge in [0.2, 0.25) is 6.10 Å². The van der Waals surface area contributed by atoms with E-state index in [2.05, 4.69) is 0 Å². The molecule has 2 aromatic carbocycles. The average Bonchev–Trinajstić information content (AvgIpc) is 2.64. The van der Waals surface area contributed by atoms with Gasteiger partial charge in [0.25, 0.3) is 11.4 Å². The summed E-state index contributed by atoms with van der Waals surface area (Å²) in [4.78, 5) is 28.4. The van der Waals surface area contributed by atoms with Crippen LogP contribution < -0.4 is 4.74 Å². The highest BCUT2D eigenvalue weighted by molar-refractivity contribution is 6.23. The van der Waals surface area contributed by atoms with Gasteiger partial charge < -0.3 is 9.84 Å². The number of fused-ring (bicyclic) bond motifs is 1. The molecule has 0 bridgehead atoms. The molecule has 0 unspecified atom stereocenters. The summed E-state index contributed by atoms with van der Waals surface area (Å²) in [5, 5.41) is 43.9. The van der Waals surface area contributed by atoms with Crippen molar-refractivity contribution in [3.63, 3.8) is 0 Å². The summed E-state index contributed by atoms with van der Waals surface area (Å²) in [7, 11) is 0. The maximum absolute atomic E-state index is 11.7. The fourth-order valence-corrected chi connectivity index (χ4v) is 3.10. The number of alkyl halides is 1. The number of rotatable bonds is 4. The molecule has 3 atom stereocenters. The SMILES string of the molecule is O=[N+]([O-])c1ccc([C@@H]2Oc3ccc([N+](=O)[O-])cc3[C@H](O)[C@@]2(Cl)[N+](=O)[O-])cc1. The van der Waals surface area contributed by atoms with Gasteiger partial charge in [-0.15, -0.1) is 0 Å². The fourth-order valence-electron chi connectivity index (χ4n) is 2.81. The molecule has 1 N–H and O–H groups in total. The predicted molar refractivity (Wildman–Crippen MR) is 90.1 cm³/mol. The van der Waals surface area contributed by atoms with E-state index in [1.165, 1.54) is 18.2 Å². The van der Waals surface area contributed by atoms with Gasteiger partial charge in [-0.1, -0.05) is 0 Å². The van der Waals surface area contributed by atoms with Gasteiger partial charge in [0.05, 0.1) is 14.8 Å². The average molecular weight is 396 g/mol. The topological polar surface area (TPSA) is 159 Å². The number of aliphatic hydroxyl groups is 1. The Morgan fingerprint density at radius 1 is 0.963 bits per heavy atom. The van der Waals surface area contributed by atoms with E-state index in [9.17, 15) is 35.4 Å². The Morgan fingerprint density at radius 2 is 1.52 bits per heavy atom. The number of nitrogens with zero attached hydrogens (tertiary/aromatic N) is 3. The van der Waals surface area contributed by atoms with Crippen LogP contribution in [0.2, 0.25) is 0 Å². The lowest BCUT2D eigenvalue weighted by Crippen LogP contribution is -2.49. The van der Waals surface area contributed by atoms with E-state index in [1.807, 2.05) is 0 Å². The van der Waals surface area contributed by atoms with E-state index in [4.69, 9.17) is 16.3 Å². The van der Waals surface area contributed by atoms with Gasteiger partial charge in [-0.05, 0) is 29.8 Å². The molecule has 140 valence electrons. The number of benzene rings is 2. The summed E-state index contributed by atoms with van der Waals surface area (Å²) in [5.74, 6) is -0.0189. The lowest BCUT2D eigenvalue weighted by molar-refractivity contribution is -0.570. The lowest BCUT2D eigenvalue weighted by Gasteiger charge is -2.37. The van der Waals surface area contributed by atoms with Crippen molar-refractivity contribution >= 4 is 23.0 Å². The largest absolute Gasteiger partial charge is 0.476 e. The molecule has 0 saturated heterocycles. The second kappa shape index (κ2) is 6.45. The number of ether oxygens (including phenoxy) is 1. The van der Waals surface area contributed by atoms with Crippen molar-refractivity contribution in [1.29, 1.82) is 0 Å². The van der Waals surface area contributed by atoms with Gasteiger partial charge in [0.15, 0.2) is 6.10 Å². The predicted octanol–water partition coefficient (Wildman–Crippen LogP) is 2.88. The maximum atomic E-state index is 11.7.